The van der Waals surface area contributed by atoms with E-state index < -0.39 is 17.6 Å². The summed E-state index contributed by atoms with van der Waals surface area (Å²) in [5.41, 5.74) is 4.70. The summed E-state index contributed by atoms with van der Waals surface area (Å²) in [6.45, 7) is 12.3. The number of rotatable bonds is 4. The third kappa shape index (κ3) is 7.92. The summed E-state index contributed by atoms with van der Waals surface area (Å²) in [4.78, 5) is 28.5. The Bertz CT molecular complexity index is 1890. The highest BCUT2D eigenvalue weighted by Gasteiger charge is 2.20. The standard InChI is InChI=1S/C22H20ClFN2O2.C14H14ClFN2/c1-22(2,3)19-10-13(7-8-26-19)16-11-25-12-17(20(16)24)15-6-5-14(9-18(15)23)21(27)28-4;1-14(2,3)12-6-9(4-5-18-12)10-7-17-8-11(15)13(10)16/h5-12H,1-4H3;4-8H,1-3H3. The van der Waals surface area contributed by atoms with Crippen molar-refractivity contribution in [3.63, 3.8) is 0 Å². The fourth-order valence-corrected chi connectivity index (χ4v) is 4.89. The molecule has 0 unspecified atom stereocenters. The van der Waals surface area contributed by atoms with Crippen LogP contribution in [0.2, 0.25) is 10.0 Å². The predicted molar refractivity (Wildman–Crippen MR) is 179 cm³/mol. The zero-order chi connectivity index (χ0) is 33.8. The van der Waals surface area contributed by atoms with E-state index in [1.165, 1.54) is 38.0 Å². The molecule has 0 bridgehead atoms. The third-order valence-electron chi connectivity index (χ3n) is 7.08. The molecule has 0 saturated heterocycles. The van der Waals surface area contributed by atoms with Gasteiger partial charge in [0.25, 0.3) is 0 Å². The first-order chi connectivity index (χ1) is 21.6. The smallest absolute Gasteiger partial charge is 0.337 e. The largest absolute Gasteiger partial charge is 0.465 e. The second-order valence-corrected chi connectivity index (χ2v) is 13.4. The van der Waals surface area contributed by atoms with Gasteiger partial charge in [-0.25, -0.2) is 13.6 Å². The fourth-order valence-electron chi connectivity index (χ4n) is 4.45. The van der Waals surface area contributed by atoms with E-state index >= 15 is 4.39 Å². The summed E-state index contributed by atoms with van der Waals surface area (Å²) >= 11 is 12.0. The van der Waals surface area contributed by atoms with Gasteiger partial charge in [-0.2, -0.15) is 0 Å². The van der Waals surface area contributed by atoms with E-state index in [1.807, 2.05) is 32.9 Å². The molecule has 5 rings (SSSR count). The first-order valence-corrected chi connectivity index (χ1v) is 15.1. The number of esters is 1. The third-order valence-corrected chi connectivity index (χ3v) is 7.65. The van der Waals surface area contributed by atoms with E-state index in [-0.39, 0.29) is 26.4 Å². The number of carbonyl (C=O) groups is 1. The molecule has 0 spiro atoms. The van der Waals surface area contributed by atoms with Crippen molar-refractivity contribution < 1.29 is 18.3 Å². The van der Waals surface area contributed by atoms with Gasteiger partial charge in [0.1, 0.15) is 5.82 Å². The van der Waals surface area contributed by atoms with Gasteiger partial charge in [0.2, 0.25) is 0 Å². The molecule has 4 heterocycles. The van der Waals surface area contributed by atoms with Crippen LogP contribution in [-0.2, 0) is 15.6 Å². The van der Waals surface area contributed by atoms with Crippen molar-refractivity contribution in [1.29, 1.82) is 0 Å². The molecule has 238 valence electrons. The number of aromatic nitrogens is 4. The first kappa shape index (κ1) is 34.6. The van der Waals surface area contributed by atoms with Crippen LogP contribution in [-0.4, -0.2) is 33.0 Å². The van der Waals surface area contributed by atoms with Crippen molar-refractivity contribution in [2.24, 2.45) is 0 Å². The molecule has 46 heavy (non-hydrogen) atoms. The Morgan fingerprint density at radius 3 is 1.65 bits per heavy atom. The summed E-state index contributed by atoms with van der Waals surface area (Å²) in [6, 6.07) is 11.8. The molecule has 10 heteroatoms. The number of nitrogens with zero attached hydrogens (tertiary/aromatic N) is 4. The van der Waals surface area contributed by atoms with Gasteiger partial charge in [-0.15, -0.1) is 0 Å². The summed E-state index contributed by atoms with van der Waals surface area (Å²) in [7, 11) is 1.29. The highest BCUT2D eigenvalue weighted by atomic mass is 35.5. The van der Waals surface area contributed by atoms with Crippen LogP contribution >= 0.6 is 23.2 Å². The van der Waals surface area contributed by atoms with Crippen LogP contribution in [0.25, 0.3) is 33.4 Å². The fraction of sp³-hybridized carbons (Fsp3) is 0.250. The Morgan fingerprint density at radius 1 is 0.652 bits per heavy atom. The Labute approximate surface area is 277 Å². The lowest BCUT2D eigenvalue weighted by atomic mass is 9.90. The molecule has 0 amide bonds. The molecule has 0 aliphatic rings. The monoisotopic (exact) mass is 662 g/mol. The van der Waals surface area contributed by atoms with E-state index in [9.17, 15) is 9.18 Å². The second kappa shape index (κ2) is 14.0. The van der Waals surface area contributed by atoms with Crippen LogP contribution in [0, 0.1) is 11.6 Å². The van der Waals surface area contributed by atoms with Crippen molar-refractivity contribution in [1.82, 2.24) is 19.9 Å². The van der Waals surface area contributed by atoms with Crippen molar-refractivity contribution in [3.8, 4) is 33.4 Å². The Morgan fingerprint density at radius 2 is 1.15 bits per heavy atom. The van der Waals surface area contributed by atoms with Gasteiger partial charge < -0.3 is 4.74 Å². The quantitative estimate of drug-likeness (QED) is 0.178. The van der Waals surface area contributed by atoms with Crippen molar-refractivity contribution in [2.75, 3.05) is 7.11 Å². The second-order valence-electron chi connectivity index (χ2n) is 12.6. The number of hydrogen-bond acceptors (Lipinski definition) is 6. The molecule has 6 nitrogen and oxygen atoms in total. The van der Waals surface area contributed by atoms with Crippen molar-refractivity contribution in [3.05, 3.63) is 118 Å². The van der Waals surface area contributed by atoms with Gasteiger partial charge >= 0.3 is 5.97 Å². The van der Waals surface area contributed by atoms with E-state index in [0.29, 0.717) is 27.8 Å². The zero-order valence-electron chi connectivity index (χ0n) is 26.6. The van der Waals surface area contributed by atoms with Gasteiger partial charge in [-0.1, -0.05) is 70.8 Å². The van der Waals surface area contributed by atoms with E-state index in [1.54, 1.807) is 36.7 Å². The van der Waals surface area contributed by atoms with Gasteiger partial charge in [0.15, 0.2) is 5.82 Å². The van der Waals surface area contributed by atoms with E-state index in [0.717, 1.165) is 17.0 Å². The molecular formula is C36H34Cl2F2N4O2. The van der Waals surface area contributed by atoms with Gasteiger partial charge in [-0.05, 0) is 47.5 Å². The van der Waals surface area contributed by atoms with Crippen LogP contribution < -0.4 is 0 Å². The van der Waals surface area contributed by atoms with Crippen LogP contribution in [0.5, 0.6) is 0 Å². The number of benzene rings is 1. The average Bonchev–Trinajstić information content (AvgIpc) is 3.02. The summed E-state index contributed by atoms with van der Waals surface area (Å²) in [5, 5.41) is 0.271. The molecular weight excluding hydrogens is 629 g/mol. The predicted octanol–water partition coefficient (Wildman–Crippen LogP) is 9.92. The number of methoxy groups -OCH3 is 1. The van der Waals surface area contributed by atoms with Crippen LogP contribution in [0.1, 0.15) is 63.3 Å². The molecule has 0 radical (unpaired) electrons. The maximum absolute atomic E-state index is 15.4. The molecule has 0 aliphatic carbocycles. The maximum atomic E-state index is 15.4. The maximum Gasteiger partial charge on any atom is 0.337 e. The first-order valence-electron chi connectivity index (χ1n) is 14.4. The minimum atomic E-state index is -0.507. The SMILES string of the molecule is CC(C)(C)c1cc(-c2cncc(Cl)c2F)ccn1.COC(=O)c1ccc(-c2cncc(-c3ccnc(C(C)(C)C)c3)c2F)c(Cl)c1. The van der Waals surface area contributed by atoms with Crippen LogP contribution in [0.3, 0.4) is 0 Å². The Hall–Kier alpha value is -4.27. The number of carbonyl (C=O) groups excluding carboxylic acids is 1. The Balaban J connectivity index is 0.000000230. The molecule has 5 aromatic rings. The Kier molecular flexibility index (Phi) is 10.5. The van der Waals surface area contributed by atoms with Gasteiger partial charge in [0, 0.05) is 86.7 Å². The lowest BCUT2D eigenvalue weighted by Gasteiger charge is -2.18. The highest BCUT2D eigenvalue weighted by molar-refractivity contribution is 6.33. The molecule has 4 aromatic heterocycles. The molecule has 0 saturated carbocycles. The lowest BCUT2D eigenvalue weighted by Crippen LogP contribution is -2.13. The van der Waals surface area contributed by atoms with E-state index in [2.05, 4.69) is 45.4 Å². The summed E-state index contributed by atoms with van der Waals surface area (Å²) in [6.07, 6.45) is 9.02. The van der Waals surface area contributed by atoms with Crippen molar-refractivity contribution in [2.45, 2.75) is 52.4 Å². The number of hydrogen-bond donors (Lipinski definition) is 0. The zero-order valence-corrected chi connectivity index (χ0v) is 28.1. The topological polar surface area (TPSA) is 77.9 Å². The minimum absolute atomic E-state index is 0.0293. The van der Waals surface area contributed by atoms with Crippen molar-refractivity contribution >= 4 is 29.2 Å². The number of pyridine rings is 4. The van der Waals surface area contributed by atoms with Gasteiger partial charge in [0.05, 0.1) is 17.7 Å². The molecule has 0 aliphatic heterocycles. The van der Waals surface area contributed by atoms with Crippen LogP contribution in [0.15, 0.2) is 79.6 Å². The van der Waals surface area contributed by atoms with E-state index in [4.69, 9.17) is 23.2 Å². The highest BCUT2D eigenvalue weighted by Crippen LogP contribution is 2.35. The normalized spacial score (nSPS) is 11.5. The molecule has 1 aromatic carbocycles. The molecule has 0 atom stereocenters. The molecule has 0 fully saturated rings. The molecule has 0 N–H and O–H groups in total. The lowest BCUT2D eigenvalue weighted by molar-refractivity contribution is 0.0600. The summed E-state index contributed by atoms with van der Waals surface area (Å²) < 4.78 is 34.0. The number of ether oxygens (including phenoxy) is 1. The summed E-state index contributed by atoms with van der Waals surface area (Å²) in [5.74, 6) is -1.39. The average molecular weight is 664 g/mol. The number of halogens is 4. The van der Waals surface area contributed by atoms with Crippen LogP contribution in [0.4, 0.5) is 8.78 Å². The van der Waals surface area contributed by atoms with Gasteiger partial charge in [-0.3, -0.25) is 19.9 Å². The minimum Gasteiger partial charge on any atom is -0.465 e.